The number of hydrogen-bond donors (Lipinski definition) is 2. The van der Waals surface area contributed by atoms with Crippen molar-refractivity contribution in [1.82, 2.24) is 10.2 Å². The number of benzene rings is 2. The van der Waals surface area contributed by atoms with Crippen molar-refractivity contribution in [2.45, 2.75) is 6.92 Å². The van der Waals surface area contributed by atoms with Gasteiger partial charge in [-0.25, -0.2) is 0 Å². The summed E-state index contributed by atoms with van der Waals surface area (Å²) < 4.78 is 11.2. The number of nitrogens with zero attached hydrogens (tertiary/aromatic N) is 1. The largest absolute Gasteiger partial charge is 0.490 e. The summed E-state index contributed by atoms with van der Waals surface area (Å²) in [4.78, 5) is 0. The molecule has 0 unspecified atom stereocenters. The standard InChI is InChI=1S/C19H21N3O2/c1-2-23-10-11-24-19-9-4-3-8-16(19)18-13-17(21-22-18)14-6-5-7-15(20)12-14/h3-9,12-13H,2,10-11,20H2,1H3,(H,21,22). The molecule has 3 aromatic rings. The number of ether oxygens (including phenoxy) is 2. The molecule has 0 fully saturated rings. The number of nitrogens with two attached hydrogens (primary N) is 1. The molecular weight excluding hydrogens is 302 g/mol. The lowest BCUT2D eigenvalue weighted by molar-refractivity contribution is 0.110. The number of anilines is 1. The minimum absolute atomic E-state index is 0.515. The molecule has 0 spiro atoms. The van der Waals surface area contributed by atoms with E-state index in [0.29, 0.717) is 19.8 Å². The van der Waals surface area contributed by atoms with Crippen LogP contribution in [0.25, 0.3) is 22.5 Å². The fourth-order valence-electron chi connectivity index (χ4n) is 2.48. The molecule has 124 valence electrons. The highest BCUT2D eigenvalue weighted by atomic mass is 16.5. The zero-order valence-electron chi connectivity index (χ0n) is 13.7. The lowest BCUT2D eigenvalue weighted by Gasteiger charge is -2.10. The van der Waals surface area contributed by atoms with Crippen LogP contribution in [-0.2, 0) is 4.74 Å². The summed E-state index contributed by atoms with van der Waals surface area (Å²) in [5, 5.41) is 7.47. The Bertz CT molecular complexity index is 799. The minimum Gasteiger partial charge on any atom is -0.490 e. The van der Waals surface area contributed by atoms with Gasteiger partial charge in [-0.15, -0.1) is 0 Å². The van der Waals surface area contributed by atoms with E-state index in [1.165, 1.54) is 0 Å². The highest BCUT2D eigenvalue weighted by molar-refractivity contribution is 5.73. The maximum Gasteiger partial charge on any atom is 0.128 e. The van der Waals surface area contributed by atoms with Crippen LogP contribution in [0.15, 0.2) is 54.6 Å². The van der Waals surface area contributed by atoms with Gasteiger partial charge in [-0.2, -0.15) is 5.10 Å². The highest BCUT2D eigenvalue weighted by Crippen LogP contribution is 2.31. The van der Waals surface area contributed by atoms with E-state index in [9.17, 15) is 0 Å². The van der Waals surface area contributed by atoms with Crippen molar-refractivity contribution in [3.05, 3.63) is 54.6 Å². The highest BCUT2D eigenvalue weighted by Gasteiger charge is 2.10. The maximum atomic E-state index is 5.85. The zero-order valence-corrected chi connectivity index (χ0v) is 13.7. The van der Waals surface area contributed by atoms with Gasteiger partial charge in [0.2, 0.25) is 0 Å². The molecule has 5 nitrogen and oxygen atoms in total. The Kier molecular flexibility index (Phi) is 5.13. The molecule has 0 saturated heterocycles. The second kappa shape index (κ2) is 7.66. The molecule has 0 atom stereocenters. The SMILES string of the molecule is CCOCCOc1ccccc1-c1cc(-c2cccc(N)c2)n[nH]1. The smallest absolute Gasteiger partial charge is 0.128 e. The molecule has 24 heavy (non-hydrogen) atoms. The van der Waals surface area contributed by atoms with Gasteiger partial charge in [0, 0.05) is 23.4 Å². The molecule has 0 amide bonds. The van der Waals surface area contributed by atoms with Crippen LogP contribution >= 0.6 is 0 Å². The Labute approximate surface area is 141 Å². The van der Waals surface area contributed by atoms with Crippen molar-refractivity contribution in [3.63, 3.8) is 0 Å². The summed E-state index contributed by atoms with van der Waals surface area (Å²) in [6, 6.07) is 17.6. The molecule has 0 aliphatic carbocycles. The number of para-hydroxylation sites is 1. The third kappa shape index (κ3) is 3.75. The van der Waals surface area contributed by atoms with E-state index in [0.717, 1.165) is 34.0 Å². The predicted molar refractivity (Wildman–Crippen MR) is 95.9 cm³/mol. The first-order valence-electron chi connectivity index (χ1n) is 7.99. The normalized spacial score (nSPS) is 10.7. The Balaban J connectivity index is 1.82. The second-order valence-electron chi connectivity index (χ2n) is 5.33. The number of aromatic nitrogens is 2. The van der Waals surface area contributed by atoms with Gasteiger partial charge in [-0.3, -0.25) is 5.10 Å². The Morgan fingerprint density at radius 1 is 1.04 bits per heavy atom. The van der Waals surface area contributed by atoms with Crippen molar-refractivity contribution in [2.75, 3.05) is 25.6 Å². The summed E-state index contributed by atoms with van der Waals surface area (Å²) in [5.41, 5.74) is 10.3. The third-order valence-corrected chi connectivity index (χ3v) is 3.63. The van der Waals surface area contributed by atoms with E-state index in [2.05, 4.69) is 10.2 Å². The summed E-state index contributed by atoms with van der Waals surface area (Å²) in [7, 11) is 0. The number of nitrogen functional groups attached to an aromatic ring is 1. The topological polar surface area (TPSA) is 73.2 Å². The third-order valence-electron chi connectivity index (χ3n) is 3.63. The van der Waals surface area contributed by atoms with E-state index < -0.39 is 0 Å². The lowest BCUT2D eigenvalue weighted by Crippen LogP contribution is -2.06. The van der Waals surface area contributed by atoms with Crippen LogP contribution in [0.3, 0.4) is 0 Å². The van der Waals surface area contributed by atoms with Gasteiger partial charge in [0.15, 0.2) is 0 Å². The quantitative estimate of drug-likeness (QED) is 0.513. The zero-order chi connectivity index (χ0) is 16.8. The van der Waals surface area contributed by atoms with E-state index in [1.54, 1.807) is 0 Å². The maximum absolute atomic E-state index is 5.85. The monoisotopic (exact) mass is 323 g/mol. The number of hydrogen-bond acceptors (Lipinski definition) is 4. The van der Waals surface area contributed by atoms with Crippen LogP contribution < -0.4 is 10.5 Å². The van der Waals surface area contributed by atoms with E-state index in [4.69, 9.17) is 15.2 Å². The van der Waals surface area contributed by atoms with Crippen molar-refractivity contribution < 1.29 is 9.47 Å². The second-order valence-corrected chi connectivity index (χ2v) is 5.33. The van der Waals surface area contributed by atoms with Crippen LogP contribution in [0, 0.1) is 0 Å². The Morgan fingerprint density at radius 2 is 1.92 bits per heavy atom. The average molecular weight is 323 g/mol. The number of nitrogens with one attached hydrogen (secondary N) is 1. The van der Waals surface area contributed by atoms with Crippen LogP contribution in [-0.4, -0.2) is 30.0 Å². The number of rotatable bonds is 7. The fraction of sp³-hybridized carbons (Fsp3) is 0.211. The van der Waals surface area contributed by atoms with Gasteiger partial charge < -0.3 is 15.2 Å². The Hall–Kier alpha value is -2.79. The molecule has 0 radical (unpaired) electrons. The molecule has 3 N–H and O–H groups in total. The molecule has 1 aromatic heterocycles. The van der Waals surface area contributed by atoms with E-state index >= 15 is 0 Å². The van der Waals surface area contributed by atoms with Crippen LogP contribution in [0.4, 0.5) is 5.69 Å². The minimum atomic E-state index is 0.515. The first-order valence-corrected chi connectivity index (χ1v) is 7.99. The van der Waals surface area contributed by atoms with E-state index in [1.807, 2.05) is 61.5 Å². The van der Waals surface area contributed by atoms with Crippen LogP contribution in [0.1, 0.15) is 6.92 Å². The molecule has 5 heteroatoms. The fourth-order valence-corrected chi connectivity index (χ4v) is 2.48. The van der Waals surface area contributed by atoms with Gasteiger partial charge in [0.1, 0.15) is 12.4 Å². The first kappa shape index (κ1) is 16.1. The van der Waals surface area contributed by atoms with Crippen molar-refractivity contribution in [3.8, 4) is 28.3 Å². The van der Waals surface area contributed by atoms with Gasteiger partial charge in [0.25, 0.3) is 0 Å². The molecule has 0 aliphatic heterocycles. The molecule has 0 bridgehead atoms. The Morgan fingerprint density at radius 3 is 2.75 bits per heavy atom. The van der Waals surface area contributed by atoms with Crippen LogP contribution in [0.2, 0.25) is 0 Å². The van der Waals surface area contributed by atoms with Gasteiger partial charge >= 0.3 is 0 Å². The predicted octanol–water partition coefficient (Wildman–Crippen LogP) is 3.74. The van der Waals surface area contributed by atoms with Crippen molar-refractivity contribution in [1.29, 1.82) is 0 Å². The average Bonchev–Trinajstić information content (AvgIpc) is 3.09. The van der Waals surface area contributed by atoms with Crippen LogP contribution in [0.5, 0.6) is 5.75 Å². The van der Waals surface area contributed by atoms with Crippen molar-refractivity contribution in [2.24, 2.45) is 0 Å². The summed E-state index contributed by atoms with van der Waals surface area (Å²) in [6.45, 7) is 3.74. The van der Waals surface area contributed by atoms with Gasteiger partial charge in [-0.1, -0.05) is 24.3 Å². The van der Waals surface area contributed by atoms with Gasteiger partial charge in [0.05, 0.1) is 18.0 Å². The summed E-state index contributed by atoms with van der Waals surface area (Å²) in [6.07, 6.45) is 0. The number of H-pyrrole nitrogens is 1. The molecule has 0 aliphatic rings. The first-order chi connectivity index (χ1) is 11.8. The summed E-state index contributed by atoms with van der Waals surface area (Å²) in [5.74, 6) is 0.806. The molecular formula is C19H21N3O2. The van der Waals surface area contributed by atoms with E-state index in [-0.39, 0.29) is 0 Å². The van der Waals surface area contributed by atoms with Crippen molar-refractivity contribution >= 4 is 5.69 Å². The summed E-state index contributed by atoms with van der Waals surface area (Å²) >= 11 is 0. The molecule has 3 rings (SSSR count). The van der Waals surface area contributed by atoms with Gasteiger partial charge in [-0.05, 0) is 37.3 Å². The lowest BCUT2D eigenvalue weighted by atomic mass is 10.1. The molecule has 1 heterocycles. The molecule has 0 saturated carbocycles. The number of aromatic amines is 1. The molecule has 2 aromatic carbocycles.